The van der Waals surface area contributed by atoms with Crippen LogP contribution in [0.3, 0.4) is 0 Å². The topological polar surface area (TPSA) is 79.6 Å². The molecular weight excluding hydrogens is 478 g/mol. The molecule has 1 atom stereocenters. The SMILES string of the molecule is Cc1nc(C(=O)N2CCC[C@H]2CNC(=O)c2c(C)nc3sccn23)c(-c2cccc(Cl)c2)s1. The van der Waals surface area contributed by atoms with Crippen LogP contribution < -0.4 is 5.32 Å². The number of fused-ring (bicyclic) bond motifs is 1. The van der Waals surface area contributed by atoms with Crippen LogP contribution in [0.4, 0.5) is 0 Å². The highest BCUT2D eigenvalue weighted by atomic mass is 35.5. The lowest BCUT2D eigenvalue weighted by Crippen LogP contribution is -2.43. The Bertz CT molecular complexity index is 1360. The number of carbonyl (C=O) groups excluding carboxylic acids is 2. The van der Waals surface area contributed by atoms with Gasteiger partial charge in [0.25, 0.3) is 11.8 Å². The van der Waals surface area contributed by atoms with Crippen LogP contribution in [0, 0.1) is 13.8 Å². The second-order valence-corrected chi connectivity index (χ2v) is 10.5. The lowest BCUT2D eigenvalue weighted by Gasteiger charge is -2.24. The Hall–Kier alpha value is -2.75. The van der Waals surface area contributed by atoms with Crippen molar-refractivity contribution in [2.75, 3.05) is 13.1 Å². The molecule has 1 aromatic carbocycles. The predicted molar refractivity (Wildman–Crippen MR) is 131 cm³/mol. The standard InChI is InChI=1S/C23H22ClN5O2S2/c1-13-19(29-9-10-32-23(29)26-13)21(30)25-12-17-7-4-8-28(17)22(31)18-20(33-14(2)27-18)15-5-3-6-16(24)11-15/h3,5-6,9-11,17H,4,7-8,12H2,1-2H3,(H,25,30)/t17-/m0/s1. The van der Waals surface area contributed by atoms with Crippen LogP contribution in [-0.4, -0.2) is 50.2 Å². The molecule has 0 spiro atoms. The molecule has 1 N–H and O–H groups in total. The molecule has 1 saturated heterocycles. The van der Waals surface area contributed by atoms with E-state index in [1.807, 2.05) is 59.0 Å². The molecule has 33 heavy (non-hydrogen) atoms. The largest absolute Gasteiger partial charge is 0.349 e. The van der Waals surface area contributed by atoms with Crippen molar-refractivity contribution in [3.8, 4) is 10.4 Å². The van der Waals surface area contributed by atoms with Crippen LogP contribution in [0.15, 0.2) is 35.8 Å². The minimum atomic E-state index is -0.179. The van der Waals surface area contributed by atoms with Crippen molar-refractivity contribution in [2.45, 2.75) is 32.7 Å². The Kier molecular flexibility index (Phi) is 5.94. The molecule has 0 unspecified atom stereocenters. The van der Waals surface area contributed by atoms with Crippen LogP contribution >= 0.6 is 34.3 Å². The maximum Gasteiger partial charge on any atom is 0.274 e. The highest BCUT2D eigenvalue weighted by Crippen LogP contribution is 2.33. The molecule has 1 aliphatic heterocycles. The molecule has 7 nitrogen and oxygen atoms in total. The number of imidazole rings is 1. The maximum atomic E-state index is 13.5. The van der Waals surface area contributed by atoms with Crippen molar-refractivity contribution in [1.29, 1.82) is 0 Å². The number of nitrogens with one attached hydrogen (secondary N) is 1. The number of carbonyl (C=O) groups is 2. The molecule has 170 valence electrons. The summed E-state index contributed by atoms with van der Waals surface area (Å²) in [5.74, 6) is -0.284. The number of nitrogens with zero attached hydrogens (tertiary/aromatic N) is 4. The van der Waals surface area contributed by atoms with E-state index in [1.54, 1.807) is 0 Å². The number of hydrogen-bond acceptors (Lipinski definition) is 6. The monoisotopic (exact) mass is 499 g/mol. The highest BCUT2D eigenvalue weighted by molar-refractivity contribution is 7.15. The summed E-state index contributed by atoms with van der Waals surface area (Å²) >= 11 is 9.16. The molecule has 0 saturated carbocycles. The fourth-order valence-electron chi connectivity index (χ4n) is 4.31. The quantitative estimate of drug-likeness (QED) is 0.426. The van der Waals surface area contributed by atoms with E-state index in [4.69, 9.17) is 11.6 Å². The Morgan fingerprint density at radius 2 is 2.12 bits per heavy atom. The number of aryl methyl sites for hydroxylation is 2. The van der Waals surface area contributed by atoms with Crippen LogP contribution in [0.25, 0.3) is 15.4 Å². The van der Waals surface area contributed by atoms with Crippen LogP contribution in [0.1, 0.15) is 44.5 Å². The fraction of sp³-hybridized carbons (Fsp3) is 0.304. The first-order valence-corrected chi connectivity index (χ1v) is 12.7. The van der Waals surface area contributed by atoms with Crippen molar-refractivity contribution in [3.63, 3.8) is 0 Å². The van der Waals surface area contributed by atoms with E-state index in [1.165, 1.54) is 22.7 Å². The van der Waals surface area contributed by atoms with Crippen molar-refractivity contribution >= 4 is 51.0 Å². The minimum Gasteiger partial charge on any atom is -0.349 e. The number of aromatic nitrogens is 3. The summed E-state index contributed by atoms with van der Waals surface area (Å²) in [4.78, 5) is 38.9. The second kappa shape index (κ2) is 8.89. The van der Waals surface area contributed by atoms with E-state index in [0.717, 1.165) is 33.3 Å². The summed E-state index contributed by atoms with van der Waals surface area (Å²) in [6, 6.07) is 7.40. The van der Waals surface area contributed by atoms with Crippen molar-refractivity contribution < 1.29 is 9.59 Å². The molecule has 0 bridgehead atoms. The van der Waals surface area contributed by atoms with Gasteiger partial charge in [-0.15, -0.1) is 22.7 Å². The predicted octanol–water partition coefficient (Wildman–Crippen LogP) is 4.82. The van der Waals surface area contributed by atoms with E-state index in [9.17, 15) is 9.59 Å². The Labute approximate surface area is 204 Å². The van der Waals surface area contributed by atoms with Crippen LogP contribution in [-0.2, 0) is 0 Å². The van der Waals surface area contributed by atoms with Gasteiger partial charge in [0.15, 0.2) is 4.96 Å². The van der Waals surface area contributed by atoms with Gasteiger partial charge in [-0.3, -0.25) is 14.0 Å². The zero-order valence-electron chi connectivity index (χ0n) is 18.2. The van der Waals surface area contributed by atoms with Gasteiger partial charge in [-0.25, -0.2) is 9.97 Å². The average molecular weight is 500 g/mol. The summed E-state index contributed by atoms with van der Waals surface area (Å²) in [7, 11) is 0. The Morgan fingerprint density at radius 1 is 1.27 bits per heavy atom. The molecule has 4 heterocycles. The lowest BCUT2D eigenvalue weighted by molar-refractivity contribution is 0.0720. The average Bonchev–Trinajstić information content (AvgIpc) is 3.55. The fourth-order valence-corrected chi connectivity index (χ4v) is 6.17. The van der Waals surface area contributed by atoms with Gasteiger partial charge in [0, 0.05) is 35.7 Å². The van der Waals surface area contributed by atoms with Gasteiger partial charge in [-0.2, -0.15) is 0 Å². The maximum absolute atomic E-state index is 13.5. The normalized spacial score (nSPS) is 16.0. The van der Waals surface area contributed by atoms with Gasteiger partial charge in [-0.05, 0) is 44.4 Å². The van der Waals surface area contributed by atoms with E-state index >= 15 is 0 Å². The second-order valence-electron chi connectivity index (χ2n) is 8.03. The summed E-state index contributed by atoms with van der Waals surface area (Å²) in [5.41, 5.74) is 2.57. The minimum absolute atomic E-state index is 0.0816. The molecule has 0 aliphatic carbocycles. The lowest BCUT2D eigenvalue weighted by atomic mass is 10.1. The Balaban J connectivity index is 1.34. The molecule has 4 aromatic rings. The van der Waals surface area contributed by atoms with Gasteiger partial charge in [0.2, 0.25) is 0 Å². The number of benzene rings is 1. The molecule has 3 aromatic heterocycles. The first kappa shape index (κ1) is 22.1. The molecular formula is C23H22ClN5O2S2. The van der Waals surface area contributed by atoms with Crippen LogP contribution in [0.5, 0.6) is 0 Å². The molecule has 5 rings (SSSR count). The van der Waals surface area contributed by atoms with Crippen LogP contribution in [0.2, 0.25) is 5.02 Å². The number of rotatable bonds is 5. The molecule has 2 amide bonds. The van der Waals surface area contributed by atoms with Gasteiger partial charge in [-0.1, -0.05) is 23.7 Å². The summed E-state index contributed by atoms with van der Waals surface area (Å²) in [6.07, 6.45) is 3.57. The van der Waals surface area contributed by atoms with Gasteiger partial charge >= 0.3 is 0 Å². The summed E-state index contributed by atoms with van der Waals surface area (Å²) in [6.45, 7) is 4.76. The number of hydrogen-bond donors (Lipinski definition) is 1. The van der Waals surface area contributed by atoms with Gasteiger partial charge in [0.1, 0.15) is 11.4 Å². The zero-order valence-corrected chi connectivity index (χ0v) is 20.6. The van der Waals surface area contributed by atoms with E-state index in [-0.39, 0.29) is 17.9 Å². The summed E-state index contributed by atoms with van der Waals surface area (Å²) < 4.78 is 1.81. The highest BCUT2D eigenvalue weighted by Gasteiger charge is 2.33. The zero-order chi connectivity index (χ0) is 23.1. The Morgan fingerprint density at radius 3 is 2.94 bits per heavy atom. The van der Waals surface area contributed by atoms with E-state index in [2.05, 4.69) is 15.3 Å². The van der Waals surface area contributed by atoms with E-state index < -0.39 is 0 Å². The van der Waals surface area contributed by atoms with Crippen molar-refractivity contribution in [3.05, 3.63) is 63.0 Å². The van der Waals surface area contributed by atoms with Gasteiger partial charge in [0.05, 0.1) is 15.6 Å². The molecule has 1 fully saturated rings. The first-order valence-electron chi connectivity index (χ1n) is 10.7. The third-order valence-corrected chi connectivity index (χ3v) is 7.82. The summed E-state index contributed by atoms with van der Waals surface area (Å²) in [5, 5.41) is 6.37. The molecule has 10 heteroatoms. The third kappa shape index (κ3) is 4.16. The number of halogens is 1. The number of likely N-dealkylation sites (tertiary alicyclic amines) is 1. The molecule has 0 radical (unpaired) electrons. The smallest absolute Gasteiger partial charge is 0.274 e. The number of amides is 2. The number of thiazole rings is 2. The van der Waals surface area contributed by atoms with E-state index in [0.29, 0.717) is 35.2 Å². The molecule has 1 aliphatic rings. The first-order chi connectivity index (χ1) is 15.9. The van der Waals surface area contributed by atoms with Crippen molar-refractivity contribution in [1.82, 2.24) is 24.6 Å². The van der Waals surface area contributed by atoms with Crippen molar-refractivity contribution in [2.24, 2.45) is 0 Å². The van der Waals surface area contributed by atoms with Gasteiger partial charge < -0.3 is 10.2 Å². The third-order valence-electron chi connectivity index (χ3n) is 5.81.